The molecule has 1 aliphatic rings. The van der Waals surface area contributed by atoms with Gasteiger partial charge in [-0.15, -0.1) is 0 Å². The first kappa shape index (κ1) is 15.4. The Kier molecular flexibility index (Phi) is 4.20. The topological polar surface area (TPSA) is 79.7 Å². The van der Waals surface area contributed by atoms with Gasteiger partial charge in [0.05, 0.1) is 6.04 Å². The van der Waals surface area contributed by atoms with Crippen molar-refractivity contribution in [2.75, 3.05) is 16.8 Å². The molecule has 0 aromatic carbocycles. The summed E-state index contributed by atoms with van der Waals surface area (Å²) in [4.78, 5) is 24.5. The maximum absolute atomic E-state index is 4.62. The van der Waals surface area contributed by atoms with Crippen LogP contribution in [-0.2, 0) is 0 Å². The van der Waals surface area contributed by atoms with Gasteiger partial charge in [0.15, 0.2) is 5.82 Å². The number of nitrogens with one attached hydrogen (secondary N) is 1. The number of nitrogens with zero attached hydrogens (tertiary/aromatic N) is 6. The van der Waals surface area contributed by atoms with Crippen LogP contribution >= 0.6 is 0 Å². The zero-order chi connectivity index (χ0) is 17.1. The predicted molar refractivity (Wildman–Crippen MR) is 95.6 cm³/mol. The third-order valence-electron chi connectivity index (χ3n) is 4.26. The SMILES string of the molecule is Cc1nccc(N2CCCC2c2nccnc2Nc2ccccn2)n1. The molecule has 0 amide bonds. The maximum atomic E-state index is 4.62. The van der Waals surface area contributed by atoms with E-state index in [2.05, 4.69) is 35.1 Å². The number of pyridine rings is 1. The van der Waals surface area contributed by atoms with E-state index in [1.165, 1.54) is 0 Å². The summed E-state index contributed by atoms with van der Waals surface area (Å²) in [5, 5.41) is 3.29. The molecule has 4 heterocycles. The fourth-order valence-corrected chi connectivity index (χ4v) is 3.18. The van der Waals surface area contributed by atoms with E-state index >= 15 is 0 Å². The number of hydrogen-bond donors (Lipinski definition) is 1. The van der Waals surface area contributed by atoms with Gasteiger partial charge in [-0.25, -0.2) is 19.9 Å². The van der Waals surface area contributed by atoms with E-state index in [0.29, 0.717) is 0 Å². The van der Waals surface area contributed by atoms with Crippen LogP contribution in [-0.4, -0.2) is 31.5 Å². The minimum Gasteiger partial charge on any atom is -0.348 e. The van der Waals surface area contributed by atoms with Crippen molar-refractivity contribution < 1.29 is 0 Å². The standard InChI is InChI=1S/C18H19N7/c1-13-19-9-7-16(23-13)25-12-4-5-14(25)17-18(22-11-10-21-17)24-15-6-2-3-8-20-15/h2-3,6-11,14H,4-5,12H2,1H3,(H,20,22,24). The van der Waals surface area contributed by atoms with E-state index in [1.807, 2.05) is 31.2 Å². The summed E-state index contributed by atoms with van der Waals surface area (Å²) in [7, 11) is 0. The summed E-state index contributed by atoms with van der Waals surface area (Å²) in [5.41, 5.74) is 0.918. The van der Waals surface area contributed by atoms with Crippen molar-refractivity contribution in [2.24, 2.45) is 0 Å². The molecule has 1 N–H and O–H groups in total. The van der Waals surface area contributed by atoms with Crippen molar-refractivity contribution in [3.63, 3.8) is 0 Å². The summed E-state index contributed by atoms with van der Waals surface area (Å²) in [5.74, 6) is 3.20. The van der Waals surface area contributed by atoms with Gasteiger partial charge < -0.3 is 10.2 Å². The molecule has 3 aromatic heterocycles. The molecule has 25 heavy (non-hydrogen) atoms. The summed E-state index contributed by atoms with van der Waals surface area (Å²) in [6.07, 6.45) is 9.09. The van der Waals surface area contributed by atoms with Gasteiger partial charge in [0, 0.05) is 31.3 Å². The lowest BCUT2D eigenvalue weighted by Gasteiger charge is -2.26. The molecule has 3 aromatic rings. The third-order valence-corrected chi connectivity index (χ3v) is 4.26. The molecule has 126 valence electrons. The van der Waals surface area contributed by atoms with E-state index < -0.39 is 0 Å². The van der Waals surface area contributed by atoms with Crippen molar-refractivity contribution in [3.8, 4) is 0 Å². The lowest BCUT2D eigenvalue weighted by molar-refractivity contribution is 0.683. The largest absolute Gasteiger partial charge is 0.348 e. The van der Waals surface area contributed by atoms with Crippen LogP contribution in [0, 0.1) is 6.92 Å². The van der Waals surface area contributed by atoms with Gasteiger partial charge >= 0.3 is 0 Å². The average molecular weight is 333 g/mol. The van der Waals surface area contributed by atoms with Crippen molar-refractivity contribution in [3.05, 3.63) is 60.6 Å². The van der Waals surface area contributed by atoms with Gasteiger partial charge in [0.1, 0.15) is 23.2 Å². The molecule has 1 saturated heterocycles. The van der Waals surface area contributed by atoms with E-state index in [4.69, 9.17) is 0 Å². The Morgan fingerprint density at radius 1 is 1.00 bits per heavy atom. The van der Waals surface area contributed by atoms with Crippen LogP contribution in [0.1, 0.15) is 30.4 Å². The van der Waals surface area contributed by atoms with Crippen molar-refractivity contribution >= 4 is 17.5 Å². The first-order valence-corrected chi connectivity index (χ1v) is 8.36. The average Bonchev–Trinajstić information content (AvgIpc) is 3.13. The highest BCUT2D eigenvalue weighted by Crippen LogP contribution is 2.36. The molecule has 7 nitrogen and oxygen atoms in total. The fraction of sp³-hybridized carbons (Fsp3) is 0.278. The molecular formula is C18H19N7. The van der Waals surface area contributed by atoms with E-state index in [1.54, 1.807) is 24.8 Å². The van der Waals surface area contributed by atoms with Crippen molar-refractivity contribution in [1.29, 1.82) is 0 Å². The zero-order valence-electron chi connectivity index (χ0n) is 14.0. The lowest BCUT2D eigenvalue weighted by Crippen LogP contribution is -2.25. The summed E-state index contributed by atoms with van der Waals surface area (Å²) < 4.78 is 0. The molecule has 4 rings (SSSR count). The first-order valence-electron chi connectivity index (χ1n) is 8.36. The van der Waals surface area contributed by atoms with Gasteiger partial charge in [0.25, 0.3) is 0 Å². The molecule has 0 spiro atoms. The normalized spacial score (nSPS) is 16.8. The second-order valence-electron chi connectivity index (χ2n) is 5.94. The summed E-state index contributed by atoms with van der Waals surface area (Å²) >= 11 is 0. The first-order chi connectivity index (χ1) is 12.3. The molecule has 0 radical (unpaired) electrons. The molecule has 0 aliphatic carbocycles. The molecular weight excluding hydrogens is 314 g/mol. The van der Waals surface area contributed by atoms with Gasteiger partial charge in [-0.1, -0.05) is 6.07 Å². The highest BCUT2D eigenvalue weighted by Gasteiger charge is 2.30. The van der Waals surface area contributed by atoms with Crippen LogP contribution in [0.5, 0.6) is 0 Å². The Morgan fingerprint density at radius 2 is 1.92 bits per heavy atom. The van der Waals surface area contributed by atoms with Crippen molar-refractivity contribution in [2.45, 2.75) is 25.8 Å². The Hall–Kier alpha value is -3.09. The zero-order valence-corrected chi connectivity index (χ0v) is 14.0. The van der Waals surface area contributed by atoms with Gasteiger partial charge in [-0.05, 0) is 38.0 Å². The molecule has 1 unspecified atom stereocenters. The van der Waals surface area contributed by atoms with Gasteiger partial charge in [-0.2, -0.15) is 0 Å². The van der Waals surface area contributed by atoms with Crippen LogP contribution in [0.25, 0.3) is 0 Å². The summed E-state index contributed by atoms with van der Waals surface area (Å²) in [6.45, 7) is 2.85. The highest BCUT2D eigenvalue weighted by molar-refractivity contribution is 5.56. The number of aromatic nitrogens is 5. The summed E-state index contributed by atoms with van der Waals surface area (Å²) in [6, 6.07) is 7.83. The molecule has 0 bridgehead atoms. The number of rotatable bonds is 4. The van der Waals surface area contributed by atoms with Crippen LogP contribution in [0.4, 0.5) is 17.5 Å². The molecule has 0 saturated carbocycles. The molecule has 1 atom stereocenters. The Morgan fingerprint density at radius 3 is 2.76 bits per heavy atom. The van der Waals surface area contributed by atoms with Crippen LogP contribution in [0.2, 0.25) is 0 Å². The van der Waals surface area contributed by atoms with Crippen LogP contribution in [0.15, 0.2) is 49.1 Å². The second-order valence-corrected chi connectivity index (χ2v) is 5.94. The monoisotopic (exact) mass is 333 g/mol. The Labute approximate surface area is 146 Å². The maximum Gasteiger partial charge on any atom is 0.155 e. The fourth-order valence-electron chi connectivity index (χ4n) is 3.18. The number of anilines is 3. The van der Waals surface area contributed by atoms with E-state index in [9.17, 15) is 0 Å². The van der Waals surface area contributed by atoms with Crippen LogP contribution in [0.3, 0.4) is 0 Å². The molecule has 1 fully saturated rings. The minimum atomic E-state index is 0.134. The smallest absolute Gasteiger partial charge is 0.155 e. The Bertz CT molecular complexity index is 853. The molecule has 1 aliphatic heterocycles. The third kappa shape index (κ3) is 3.26. The quantitative estimate of drug-likeness (QED) is 0.786. The van der Waals surface area contributed by atoms with Crippen molar-refractivity contribution in [1.82, 2.24) is 24.9 Å². The number of aryl methyl sites for hydroxylation is 1. The second kappa shape index (κ2) is 6.80. The highest BCUT2D eigenvalue weighted by atomic mass is 15.3. The van der Waals surface area contributed by atoms with E-state index in [0.717, 1.165) is 48.4 Å². The van der Waals surface area contributed by atoms with Gasteiger partial charge in [-0.3, -0.25) is 4.98 Å². The lowest BCUT2D eigenvalue weighted by atomic mass is 10.1. The van der Waals surface area contributed by atoms with E-state index in [-0.39, 0.29) is 6.04 Å². The Balaban J connectivity index is 1.67. The predicted octanol–water partition coefficient (Wildman–Crippen LogP) is 3.06. The minimum absolute atomic E-state index is 0.134. The number of hydrogen-bond acceptors (Lipinski definition) is 7. The molecule has 7 heteroatoms. The van der Waals surface area contributed by atoms with Gasteiger partial charge in [0.2, 0.25) is 0 Å². The van der Waals surface area contributed by atoms with Crippen LogP contribution < -0.4 is 10.2 Å².